The molecule has 1 aliphatic heterocycles. The van der Waals surface area contributed by atoms with Crippen molar-refractivity contribution in [3.8, 4) is 0 Å². The average molecular weight is 173 g/mol. The number of carboxylic acid groups (broad SMARTS) is 1. The van der Waals surface area contributed by atoms with Crippen molar-refractivity contribution >= 4 is 5.97 Å². The first-order valence-electron chi connectivity index (χ1n) is 4.07. The second-order valence-corrected chi connectivity index (χ2v) is 3.68. The molecule has 0 aromatic rings. The van der Waals surface area contributed by atoms with Crippen LogP contribution in [0.4, 0.5) is 0 Å². The fourth-order valence-corrected chi connectivity index (χ4v) is 1.18. The summed E-state index contributed by atoms with van der Waals surface area (Å²) < 4.78 is 5.39. The number of carbonyl (C=O) groups is 1. The minimum atomic E-state index is -0.900. The van der Waals surface area contributed by atoms with Gasteiger partial charge in [-0.1, -0.05) is 0 Å². The van der Waals surface area contributed by atoms with Gasteiger partial charge >= 0.3 is 5.97 Å². The number of aliphatic carboxylic acids is 1. The van der Waals surface area contributed by atoms with Crippen molar-refractivity contribution in [2.75, 3.05) is 6.54 Å². The Morgan fingerprint density at radius 3 is 2.67 bits per heavy atom. The predicted molar refractivity (Wildman–Crippen MR) is 44.1 cm³/mol. The minimum Gasteiger partial charge on any atom is -0.479 e. The van der Waals surface area contributed by atoms with Gasteiger partial charge in [0, 0.05) is 12.6 Å². The Kier molecular flexibility index (Phi) is 2.39. The van der Waals surface area contributed by atoms with Crippen LogP contribution in [0.3, 0.4) is 0 Å². The number of rotatable bonds is 1. The lowest BCUT2D eigenvalue weighted by Gasteiger charge is -2.40. The number of morpholine rings is 1. The Hall–Kier alpha value is -0.610. The van der Waals surface area contributed by atoms with Crippen LogP contribution in [-0.4, -0.2) is 35.4 Å². The first-order valence-corrected chi connectivity index (χ1v) is 4.07. The van der Waals surface area contributed by atoms with E-state index in [0.717, 1.165) is 0 Å². The molecule has 0 spiro atoms. The van der Waals surface area contributed by atoms with Gasteiger partial charge in [-0.15, -0.1) is 0 Å². The fourth-order valence-electron chi connectivity index (χ4n) is 1.18. The van der Waals surface area contributed by atoms with Crippen LogP contribution < -0.4 is 5.32 Å². The van der Waals surface area contributed by atoms with E-state index in [1.165, 1.54) is 0 Å². The highest BCUT2D eigenvalue weighted by molar-refractivity contribution is 5.72. The first-order chi connectivity index (χ1) is 5.43. The third-order valence-corrected chi connectivity index (χ3v) is 2.37. The summed E-state index contributed by atoms with van der Waals surface area (Å²) >= 11 is 0. The lowest BCUT2D eigenvalue weighted by Crippen LogP contribution is -2.58. The molecule has 0 saturated carbocycles. The Morgan fingerprint density at radius 1 is 1.67 bits per heavy atom. The minimum absolute atomic E-state index is 0.188. The van der Waals surface area contributed by atoms with Gasteiger partial charge in [-0.05, 0) is 20.8 Å². The van der Waals surface area contributed by atoms with Gasteiger partial charge in [0.25, 0.3) is 0 Å². The second kappa shape index (κ2) is 3.03. The van der Waals surface area contributed by atoms with Gasteiger partial charge < -0.3 is 15.2 Å². The topological polar surface area (TPSA) is 58.6 Å². The smallest absolute Gasteiger partial charge is 0.334 e. The molecule has 1 fully saturated rings. The molecule has 1 heterocycles. The maximum Gasteiger partial charge on any atom is 0.334 e. The number of ether oxygens (including phenoxy) is 1. The summed E-state index contributed by atoms with van der Waals surface area (Å²) in [4.78, 5) is 10.6. The van der Waals surface area contributed by atoms with Crippen molar-refractivity contribution in [1.29, 1.82) is 0 Å². The molecule has 2 atom stereocenters. The third kappa shape index (κ3) is 1.76. The normalized spacial score (nSPS) is 34.6. The van der Waals surface area contributed by atoms with Crippen molar-refractivity contribution in [3.63, 3.8) is 0 Å². The van der Waals surface area contributed by atoms with Gasteiger partial charge in [0.15, 0.2) is 6.10 Å². The highest BCUT2D eigenvalue weighted by atomic mass is 16.5. The van der Waals surface area contributed by atoms with Crippen LogP contribution in [0, 0.1) is 0 Å². The van der Waals surface area contributed by atoms with E-state index in [1.807, 2.05) is 20.8 Å². The molecule has 2 unspecified atom stereocenters. The summed E-state index contributed by atoms with van der Waals surface area (Å²) in [6.45, 7) is 6.15. The monoisotopic (exact) mass is 173 g/mol. The van der Waals surface area contributed by atoms with Gasteiger partial charge in [-0.3, -0.25) is 0 Å². The summed E-state index contributed by atoms with van der Waals surface area (Å²) in [5.74, 6) is -0.900. The SMILES string of the molecule is CC1NCC(C(=O)O)OC1(C)C. The number of hydrogen-bond donors (Lipinski definition) is 2. The lowest BCUT2D eigenvalue weighted by atomic mass is 9.97. The molecule has 1 saturated heterocycles. The Labute approximate surface area is 71.9 Å². The quantitative estimate of drug-likeness (QED) is 0.596. The van der Waals surface area contributed by atoms with Crippen molar-refractivity contribution < 1.29 is 14.6 Å². The van der Waals surface area contributed by atoms with Crippen molar-refractivity contribution in [2.24, 2.45) is 0 Å². The number of nitrogens with one attached hydrogen (secondary N) is 1. The van der Waals surface area contributed by atoms with E-state index < -0.39 is 17.7 Å². The molecule has 1 aliphatic rings. The van der Waals surface area contributed by atoms with Gasteiger partial charge in [0.1, 0.15) is 0 Å². The molecule has 0 bridgehead atoms. The highest BCUT2D eigenvalue weighted by Gasteiger charge is 2.37. The molecule has 1 rings (SSSR count). The average Bonchev–Trinajstić information content (AvgIpc) is 1.94. The molecule has 4 heteroatoms. The molecule has 70 valence electrons. The summed E-state index contributed by atoms with van der Waals surface area (Å²) in [6.07, 6.45) is -0.712. The summed E-state index contributed by atoms with van der Waals surface area (Å²) in [7, 11) is 0. The molecular formula is C8H15NO3. The van der Waals surface area contributed by atoms with E-state index in [0.29, 0.717) is 6.54 Å². The molecule has 0 aromatic heterocycles. The van der Waals surface area contributed by atoms with Gasteiger partial charge in [0.2, 0.25) is 0 Å². The maximum atomic E-state index is 10.6. The van der Waals surface area contributed by atoms with Crippen molar-refractivity contribution in [1.82, 2.24) is 5.32 Å². The fraction of sp³-hybridized carbons (Fsp3) is 0.875. The molecule has 0 aromatic carbocycles. The summed E-state index contributed by atoms with van der Waals surface area (Å²) in [6, 6.07) is 0.188. The molecule has 2 N–H and O–H groups in total. The van der Waals surface area contributed by atoms with Crippen LogP contribution in [0.1, 0.15) is 20.8 Å². The van der Waals surface area contributed by atoms with Gasteiger partial charge in [-0.25, -0.2) is 4.79 Å². The first kappa shape index (κ1) is 9.48. The molecular weight excluding hydrogens is 158 g/mol. The van der Waals surface area contributed by atoms with E-state index in [-0.39, 0.29) is 6.04 Å². The summed E-state index contributed by atoms with van der Waals surface area (Å²) in [5.41, 5.74) is -0.401. The van der Waals surface area contributed by atoms with Crippen molar-refractivity contribution in [3.05, 3.63) is 0 Å². The standard InChI is InChI=1S/C8H15NO3/c1-5-8(2,3)12-6(4-9-5)7(10)11/h5-6,9H,4H2,1-3H3,(H,10,11). The van der Waals surface area contributed by atoms with Crippen LogP contribution in [-0.2, 0) is 9.53 Å². The van der Waals surface area contributed by atoms with Crippen LogP contribution in [0.25, 0.3) is 0 Å². The van der Waals surface area contributed by atoms with Gasteiger partial charge in [-0.2, -0.15) is 0 Å². The second-order valence-electron chi connectivity index (χ2n) is 3.68. The number of hydrogen-bond acceptors (Lipinski definition) is 3. The largest absolute Gasteiger partial charge is 0.479 e. The van der Waals surface area contributed by atoms with Crippen LogP contribution in [0.2, 0.25) is 0 Å². The molecule has 0 radical (unpaired) electrons. The molecule has 12 heavy (non-hydrogen) atoms. The molecule has 4 nitrogen and oxygen atoms in total. The number of carboxylic acids is 1. The van der Waals surface area contributed by atoms with E-state index in [2.05, 4.69) is 5.32 Å². The van der Waals surface area contributed by atoms with Crippen LogP contribution in [0.15, 0.2) is 0 Å². The lowest BCUT2D eigenvalue weighted by molar-refractivity contribution is -0.171. The highest BCUT2D eigenvalue weighted by Crippen LogP contribution is 2.20. The van der Waals surface area contributed by atoms with E-state index in [9.17, 15) is 4.79 Å². The Morgan fingerprint density at radius 2 is 2.25 bits per heavy atom. The maximum absolute atomic E-state index is 10.6. The van der Waals surface area contributed by atoms with Crippen molar-refractivity contribution in [2.45, 2.75) is 38.5 Å². The Balaban J connectivity index is 2.63. The Bertz CT molecular complexity index is 191. The zero-order chi connectivity index (χ0) is 9.35. The van der Waals surface area contributed by atoms with Crippen LogP contribution in [0.5, 0.6) is 0 Å². The van der Waals surface area contributed by atoms with E-state index in [1.54, 1.807) is 0 Å². The molecule has 0 aliphatic carbocycles. The van der Waals surface area contributed by atoms with E-state index in [4.69, 9.17) is 9.84 Å². The third-order valence-electron chi connectivity index (χ3n) is 2.37. The van der Waals surface area contributed by atoms with E-state index >= 15 is 0 Å². The zero-order valence-corrected chi connectivity index (χ0v) is 7.63. The summed E-state index contributed by atoms with van der Waals surface area (Å²) in [5, 5.41) is 11.8. The predicted octanol–water partition coefficient (Wildman–Crippen LogP) is 0.226. The zero-order valence-electron chi connectivity index (χ0n) is 7.63. The molecule has 0 amide bonds. The van der Waals surface area contributed by atoms with Crippen LogP contribution >= 0.6 is 0 Å². The van der Waals surface area contributed by atoms with Gasteiger partial charge in [0.05, 0.1) is 5.60 Å².